The van der Waals surface area contributed by atoms with Crippen molar-refractivity contribution in [2.75, 3.05) is 5.88 Å². The first-order valence-electron chi connectivity index (χ1n) is 4.82. The van der Waals surface area contributed by atoms with Crippen LogP contribution in [-0.4, -0.2) is 29.4 Å². The Morgan fingerprint density at radius 1 is 1.40 bits per heavy atom. The maximum absolute atomic E-state index is 11.3. The molecule has 0 bridgehead atoms. The van der Waals surface area contributed by atoms with Crippen molar-refractivity contribution < 1.29 is 14.3 Å². The lowest BCUT2D eigenvalue weighted by molar-refractivity contribution is -0.117. The van der Waals surface area contributed by atoms with Gasteiger partial charge in [0.2, 0.25) is 0 Å². The summed E-state index contributed by atoms with van der Waals surface area (Å²) >= 11 is 5.35. The summed E-state index contributed by atoms with van der Waals surface area (Å²) in [5, 5.41) is 2.56. The number of alkyl carbamates (subject to hydrolysis) is 1. The summed E-state index contributed by atoms with van der Waals surface area (Å²) in [4.78, 5) is 22.2. The molecule has 1 unspecified atom stereocenters. The molecule has 0 saturated heterocycles. The average Bonchev–Trinajstić information content (AvgIpc) is 1.99. The van der Waals surface area contributed by atoms with Crippen LogP contribution in [-0.2, 0) is 9.53 Å². The highest BCUT2D eigenvalue weighted by Gasteiger charge is 2.18. The summed E-state index contributed by atoms with van der Waals surface area (Å²) in [6.07, 6.45) is -0.291. The van der Waals surface area contributed by atoms with Crippen LogP contribution in [0.2, 0.25) is 0 Å². The van der Waals surface area contributed by atoms with E-state index < -0.39 is 11.7 Å². The van der Waals surface area contributed by atoms with Crippen molar-refractivity contribution in [3.05, 3.63) is 0 Å². The fourth-order valence-electron chi connectivity index (χ4n) is 0.956. The third-order valence-electron chi connectivity index (χ3n) is 1.45. The van der Waals surface area contributed by atoms with Crippen LogP contribution < -0.4 is 5.32 Å². The summed E-state index contributed by atoms with van der Waals surface area (Å²) in [7, 11) is 0. The predicted octanol–water partition coefficient (Wildman–Crippen LogP) is 2.10. The first-order chi connectivity index (χ1) is 6.74. The van der Waals surface area contributed by atoms with Crippen molar-refractivity contribution in [1.29, 1.82) is 0 Å². The second-order valence-electron chi connectivity index (χ2n) is 4.42. The molecule has 0 saturated carbocycles. The van der Waals surface area contributed by atoms with Crippen LogP contribution in [0.5, 0.6) is 0 Å². The Morgan fingerprint density at radius 3 is 2.33 bits per heavy atom. The minimum absolute atomic E-state index is 0.0274. The highest BCUT2D eigenvalue weighted by Crippen LogP contribution is 2.07. The van der Waals surface area contributed by atoms with E-state index in [1.165, 1.54) is 0 Å². The van der Waals surface area contributed by atoms with Gasteiger partial charge in [-0.05, 0) is 27.7 Å². The second-order valence-corrected chi connectivity index (χ2v) is 4.69. The minimum atomic E-state index is -0.527. The highest BCUT2D eigenvalue weighted by molar-refractivity contribution is 6.27. The summed E-state index contributed by atoms with van der Waals surface area (Å²) in [6, 6.07) is -0.258. The smallest absolute Gasteiger partial charge is 0.407 e. The lowest BCUT2D eigenvalue weighted by atomic mass is 10.2. The maximum Gasteiger partial charge on any atom is 0.407 e. The van der Waals surface area contributed by atoms with Crippen molar-refractivity contribution in [2.24, 2.45) is 0 Å². The molecule has 5 heteroatoms. The number of ketones is 1. The topological polar surface area (TPSA) is 55.4 Å². The van der Waals surface area contributed by atoms with Gasteiger partial charge in [0, 0.05) is 12.5 Å². The van der Waals surface area contributed by atoms with E-state index >= 15 is 0 Å². The Hall–Kier alpha value is -0.770. The zero-order valence-corrected chi connectivity index (χ0v) is 10.4. The molecule has 0 fully saturated rings. The zero-order valence-electron chi connectivity index (χ0n) is 9.59. The largest absolute Gasteiger partial charge is 0.444 e. The van der Waals surface area contributed by atoms with Crippen molar-refractivity contribution in [2.45, 2.75) is 45.8 Å². The highest BCUT2D eigenvalue weighted by atomic mass is 35.5. The van der Waals surface area contributed by atoms with E-state index in [0.717, 1.165) is 0 Å². The van der Waals surface area contributed by atoms with Crippen LogP contribution in [0, 0.1) is 0 Å². The van der Waals surface area contributed by atoms with Crippen LogP contribution in [0.15, 0.2) is 0 Å². The molecular weight excluding hydrogens is 218 g/mol. The monoisotopic (exact) mass is 235 g/mol. The molecule has 0 radical (unpaired) electrons. The number of ether oxygens (including phenoxy) is 1. The normalized spacial score (nSPS) is 13.1. The van der Waals surface area contributed by atoms with Gasteiger partial charge < -0.3 is 10.1 Å². The first kappa shape index (κ1) is 14.2. The lowest BCUT2D eigenvalue weighted by Gasteiger charge is -2.21. The number of rotatable bonds is 4. The van der Waals surface area contributed by atoms with Gasteiger partial charge in [0.25, 0.3) is 0 Å². The maximum atomic E-state index is 11.3. The van der Waals surface area contributed by atoms with E-state index in [9.17, 15) is 9.59 Å². The predicted molar refractivity (Wildman–Crippen MR) is 59.2 cm³/mol. The molecule has 1 N–H and O–H groups in total. The van der Waals surface area contributed by atoms with Gasteiger partial charge in [-0.25, -0.2) is 4.79 Å². The van der Waals surface area contributed by atoms with E-state index in [-0.39, 0.29) is 24.1 Å². The SMILES string of the molecule is CC(CC(=O)CCl)NC(=O)OC(C)(C)C. The number of nitrogens with one attached hydrogen (secondary N) is 1. The number of carbonyl (C=O) groups is 2. The lowest BCUT2D eigenvalue weighted by Crippen LogP contribution is -2.38. The number of Topliss-reactive ketones (excluding diaryl/α,β-unsaturated/α-hetero) is 1. The fraction of sp³-hybridized carbons (Fsp3) is 0.800. The average molecular weight is 236 g/mol. The Balaban J connectivity index is 3.92. The molecule has 0 aromatic heterocycles. The number of alkyl halides is 1. The molecule has 0 aromatic carbocycles. The van der Waals surface area contributed by atoms with Gasteiger partial charge >= 0.3 is 6.09 Å². The summed E-state index contributed by atoms with van der Waals surface area (Å²) in [5.41, 5.74) is -0.527. The van der Waals surface area contributed by atoms with Crippen molar-refractivity contribution in [3.8, 4) is 0 Å². The second kappa shape index (κ2) is 5.95. The Kier molecular flexibility index (Phi) is 5.65. The molecule has 15 heavy (non-hydrogen) atoms. The van der Waals surface area contributed by atoms with E-state index in [1.807, 2.05) is 0 Å². The number of hydrogen-bond acceptors (Lipinski definition) is 3. The van der Waals surface area contributed by atoms with Gasteiger partial charge in [-0.2, -0.15) is 0 Å². The molecule has 0 heterocycles. The number of carbonyl (C=O) groups excluding carboxylic acids is 2. The quantitative estimate of drug-likeness (QED) is 0.760. The van der Waals surface area contributed by atoms with Crippen LogP contribution in [0.3, 0.4) is 0 Å². The van der Waals surface area contributed by atoms with E-state index in [2.05, 4.69) is 5.32 Å². The van der Waals surface area contributed by atoms with Crippen molar-refractivity contribution >= 4 is 23.5 Å². The molecule has 1 atom stereocenters. The molecule has 4 nitrogen and oxygen atoms in total. The molecule has 0 rings (SSSR count). The molecule has 88 valence electrons. The summed E-state index contributed by atoms with van der Waals surface area (Å²) in [5.74, 6) is -0.124. The Bertz CT molecular complexity index is 235. The number of hydrogen-bond donors (Lipinski definition) is 1. The third kappa shape index (κ3) is 8.24. The van der Waals surface area contributed by atoms with E-state index in [0.29, 0.717) is 0 Å². The van der Waals surface area contributed by atoms with Gasteiger partial charge in [0.1, 0.15) is 11.4 Å². The molecular formula is C10H18ClNO3. The van der Waals surface area contributed by atoms with E-state index in [1.54, 1.807) is 27.7 Å². The van der Waals surface area contributed by atoms with Crippen molar-refractivity contribution in [3.63, 3.8) is 0 Å². The van der Waals surface area contributed by atoms with Crippen LogP contribution in [0.1, 0.15) is 34.1 Å². The van der Waals surface area contributed by atoms with Gasteiger partial charge in [-0.3, -0.25) is 4.79 Å². The standard InChI is InChI=1S/C10H18ClNO3/c1-7(5-8(13)6-11)12-9(14)15-10(2,3)4/h7H,5-6H2,1-4H3,(H,12,14). The van der Waals surface area contributed by atoms with Gasteiger partial charge in [0.15, 0.2) is 0 Å². The van der Waals surface area contributed by atoms with Crippen LogP contribution in [0.25, 0.3) is 0 Å². The molecule has 0 aliphatic carbocycles. The summed E-state index contributed by atoms with van der Waals surface area (Å²) < 4.78 is 5.03. The van der Waals surface area contributed by atoms with Crippen LogP contribution in [0.4, 0.5) is 4.79 Å². The van der Waals surface area contributed by atoms with Gasteiger partial charge in [0.05, 0.1) is 5.88 Å². The number of halogens is 1. The molecule has 0 aliphatic rings. The Labute approximate surface area is 95.3 Å². The molecule has 0 spiro atoms. The van der Waals surface area contributed by atoms with Crippen LogP contribution >= 0.6 is 11.6 Å². The van der Waals surface area contributed by atoms with Gasteiger partial charge in [-0.1, -0.05) is 0 Å². The Morgan fingerprint density at radius 2 is 1.93 bits per heavy atom. The summed E-state index contributed by atoms with van der Waals surface area (Å²) in [6.45, 7) is 7.07. The molecule has 0 aliphatic heterocycles. The third-order valence-corrected chi connectivity index (χ3v) is 1.74. The number of amides is 1. The molecule has 1 amide bonds. The zero-order chi connectivity index (χ0) is 12.1. The van der Waals surface area contributed by atoms with Crippen molar-refractivity contribution in [1.82, 2.24) is 5.32 Å². The van der Waals surface area contributed by atoms with E-state index in [4.69, 9.17) is 16.3 Å². The first-order valence-corrected chi connectivity index (χ1v) is 5.35. The fourth-order valence-corrected chi connectivity index (χ4v) is 1.06. The van der Waals surface area contributed by atoms with Gasteiger partial charge in [-0.15, -0.1) is 11.6 Å². The minimum Gasteiger partial charge on any atom is -0.444 e. The molecule has 0 aromatic rings.